The van der Waals surface area contributed by atoms with Crippen molar-refractivity contribution in [2.45, 2.75) is 13.3 Å². The van der Waals surface area contributed by atoms with Gasteiger partial charge in [0.1, 0.15) is 5.82 Å². The van der Waals surface area contributed by atoms with Crippen molar-refractivity contribution < 1.29 is 18.8 Å². The van der Waals surface area contributed by atoms with Crippen LogP contribution in [-0.2, 0) is 9.59 Å². The first-order chi connectivity index (χ1) is 11.5. The van der Waals surface area contributed by atoms with Crippen LogP contribution in [-0.4, -0.2) is 17.6 Å². The molecule has 0 N–H and O–H groups in total. The molecule has 0 radical (unpaired) electrons. The summed E-state index contributed by atoms with van der Waals surface area (Å²) >= 11 is 0. The number of ketones is 1. The maximum Gasteiger partial charge on any atom is 0.261 e. The molecule has 0 aliphatic carbocycles. The van der Waals surface area contributed by atoms with E-state index < -0.39 is 17.6 Å². The lowest BCUT2D eigenvalue weighted by molar-refractivity contribution is -0.120. The van der Waals surface area contributed by atoms with Crippen molar-refractivity contribution in [1.82, 2.24) is 0 Å². The monoisotopic (exact) mass is 323 g/mol. The fraction of sp³-hybridized carbons (Fsp3) is 0.105. The number of hydrogen-bond acceptors (Lipinski definition) is 3. The quantitative estimate of drug-likeness (QED) is 0.495. The predicted molar refractivity (Wildman–Crippen MR) is 87.1 cm³/mol. The van der Waals surface area contributed by atoms with E-state index in [0.717, 1.165) is 10.5 Å². The topological polar surface area (TPSA) is 54.5 Å². The first-order valence-corrected chi connectivity index (χ1v) is 7.40. The lowest BCUT2D eigenvalue weighted by Crippen LogP contribution is -2.28. The zero-order chi connectivity index (χ0) is 17.3. The highest BCUT2D eigenvalue weighted by molar-refractivity contribution is 6.29. The zero-order valence-electron chi connectivity index (χ0n) is 13.0. The summed E-state index contributed by atoms with van der Waals surface area (Å²) < 4.78 is 13.0. The van der Waals surface area contributed by atoms with E-state index in [9.17, 15) is 18.8 Å². The maximum absolute atomic E-state index is 13.0. The van der Waals surface area contributed by atoms with E-state index in [2.05, 4.69) is 0 Å². The predicted octanol–water partition coefficient (Wildman–Crippen LogP) is 3.21. The first-order valence-electron chi connectivity index (χ1n) is 7.40. The van der Waals surface area contributed by atoms with Gasteiger partial charge in [0.25, 0.3) is 5.91 Å². The lowest BCUT2D eigenvalue weighted by atomic mass is 10.1. The number of amides is 2. The van der Waals surface area contributed by atoms with E-state index in [-0.39, 0.29) is 23.5 Å². The molecule has 0 unspecified atom stereocenters. The van der Waals surface area contributed by atoms with Gasteiger partial charge >= 0.3 is 0 Å². The molecule has 0 saturated carbocycles. The second-order valence-corrected chi connectivity index (χ2v) is 5.59. The second kappa shape index (κ2) is 6.20. The molecule has 2 aromatic rings. The van der Waals surface area contributed by atoms with Gasteiger partial charge in [-0.05, 0) is 37.3 Å². The highest BCUT2D eigenvalue weighted by Gasteiger charge is 2.35. The summed E-state index contributed by atoms with van der Waals surface area (Å²) in [6.07, 6.45) is 1.06. The van der Waals surface area contributed by atoms with Crippen LogP contribution >= 0.6 is 0 Å². The van der Waals surface area contributed by atoms with Crippen LogP contribution in [0.2, 0.25) is 0 Å². The van der Waals surface area contributed by atoms with Crippen molar-refractivity contribution in [1.29, 1.82) is 0 Å². The summed E-state index contributed by atoms with van der Waals surface area (Å²) in [4.78, 5) is 37.7. The van der Waals surface area contributed by atoms with E-state index in [1.165, 1.54) is 30.3 Å². The van der Waals surface area contributed by atoms with Crippen LogP contribution < -0.4 is 4.90 Å². The zero-order valence-corrected chi connectivity index (χ0v) is 13.0. The number of hydrogen-bond donors (Lipinski definition) is 0. The molecular formula is C19H14FNO3. The van der Waals surface area contributed by atoms with Crippen molar-refractivity contribution in [3.05, 3.63) is 77.1 Å². The molecule has 1 aliphatic heterocycles. The molecular weight excluding hydrogens is 309 g/mol. The SMILES string of the molecule is Cc1ccc(C(=O)/C=C2\CC(=O)N(c3ccc(F)cc3)C2=O)cc1. The average molecular weight is 323 g/mol. The van der Waals surface area contributed by atoms with E-state index in [4.69, 9.17) is 0 Å². The van der Waals surface area contributed by atoms with Gasteiger partial charge in [0, 0.05) is 11.1 Å². The van der Waals surface area contributed by atoms with Crippen LogP contribution in [0.3, 0.4) is 0 Å². The summed E-state index contributed by atoms with van der Waals surface area (Å²) in [5.41, 5.74) is 1.90. The number of rotatable bonds is 3. The number of allylic oxidation sites excluding steroid dienone is 1. The fourth-order valence-electron chi connectivity index (χ4n) is 2.50. The molecule has 120 valence electrons. The van der Waals surface area contributed by atoms with Crippen LogP contribution in [0.5, 0.6) is 0 Å². The van der Waals surface area contributed by atoms with Crippen molar-refractivity contribution in [2.75, 3.05) is 4.90 Å². The van der Waals surface area contributed by atoms with Crippen LogP contribution in [0, 0.1) is 12.7 Å². The van der Waals surface area contributed by atoms with Crippen molar-refractivity contribution >= 4 is 23.3 Å². The third-order valence-electron chi connectivity index (χ3n) is 3.80. The first kappa shape index (κ1) is 15.8. The Kier molecular flexibility index (Phi) is 4.08. The normalized spacial score (nSPS) is 16.1. The molecule has 0 aromatic heterocycles. The van der Waals surface area contributed by atoms with E-state index in [1.54, 1.807) is 24.3 Å². The maximum atomic E-state index is 13.0. The van der Waals surface area contributed by atoms with Crippen LogP contribution in [0.15, 0.2) is 60.2 Å². The molecule has 2 amide bonds. The third kappa shape index (κ3) is 3.01. The number of carbonyl (C=O) groups is 3. The molecule has 1 saturated heterocycles. The van der Waals surface area contributed by atoms with E-state index in [0.29, 0.717) is 5.56 Å². The van der Waals surface area contributed by atoms with Gasteiger partial charge in [-0.3, -0.25) is 14.4 Å². The Labute approximate surface area is 138 Å². The van der Waals surface area contributed by atoms with Gasteiger partial charge < -0.3 is 0 Å². The number of imide groups is 1. The Morgan fingerprint density at radius 2 is 1.67 bits per heavy atom. The molecule has 1 aliphatic rings. The number of nitrogens with zero attached hydrogens (tertiary/aromatic N) is 1. The summed E-state index contributed by atoms with van der Waals surface area (Å²) in [7, 11) is 0. The van der Waals surface area contributed by atoms with Gasteiger partial charge in [0.2, 0.25) is 5.91 Å². The minimum atomic E-state index is -0.549. The summed E-state index contributed by atoms with van der Waals surface area (Å²) in [6, 6.07) is 12.0. The molecule has 5 heteroatoms. The van der Waals surface area contributed by atoms with E-state index >= 15 is 0 Å². The Hall–Kier alpha value is -3.08. The lowest BCUT2D eigenvalue weighted by Gasteiger charge is -2.13. The molecule has 1 heterocycles. The number of aryl methyl sites for hydroxylation is 1. The molecule has 0 atom stereocenters. The van der Waals surface area contributed by atoms with Crippen LogP contribution in [0.25, 0.3) is 0 Å². The number of halogens is 1. The molecule has 1 fully saturated rings. The molecule has 4 nitrogen and oxygen atoms in total. The standard InChI is InChI=1S/C19H14FNO3/c1-12-2-4-13(5-3-12)17(22)10-14-11-18(23)21(19(14)24)16-8-6-15(20)7-9-16/h2-10H,11H2,1H3/b14-10+. The average Bonchev–Trinajstić information content (AvgIpc) is 2.83. The Balaban J connectivity index is 1.86. The largest absolute Gasteiger partial charge is 0.289 e. The van der Waals surface area contributed by atoms with Crippen LogP contribution in [0.4, 0.5) is 10.1 Å². The van der Waals surface area contributed by atoms with Crippen molar-refractivity contribution in [2.24, 2.45) is 0 Å². The number of benzene rings is 2. The van der Waals surface area contributed by atoms with Gasteiger partial charge in [0.15, 0.2) is 5.78 Å². The molecule has 0 spiro atoms. The van der Waals surface area contributed by atoms with Gasteiger partial charge in [-0.15, -0.1) is 0 Å². The molecule has 2 aromatic carbocycles. The minimum Gasteiger partial charge on any atom is -0.289 e. The Morgan fingerprint density at radius 3 is 2.29 bits per heavy atom. The summed E-state index contributed by atoms with van der Waals surface area (Å²) in [5, 5.41) is 0. The summed E-state index contributed by atoms with van der Waals surface area (Å²) in [6.45, 7) is 1.91. The van der Waals surface area contributed by atoms with Crippen LogP contribution in [0.1, 0.15) is 22.3 Å². The molecule has 0 bridgehead atoms. The highest BCUT2D eigenvalue weighted by Crippen LogP contribution is 2.26. The van der Waals surface area contributed by atoms with Crippen molar-refractivity contribution in [3.8, 4) is 0 Å². The minimum absolute atomic E-state index is 0.134. The van der Waals surface area contributed by atoms with Gasteiger partial charge in [-0.2, -0.15) is 0 Å². The second-order valence-electron chi connectivity index (χ2n) is 5.59. The van der Waals surface area contributed by atoms with Gasteiger partial charge in [-0.1, -0.05) is 29.8 Å². The highest BCUT2D eigenvalue weighted by atomic mass is 19.1. The van der Waals surface area contributed by atoms with Gasteiger partial charge in [0.05, 0.1) is 12.1 Å². The Morgan fingerprint density at radius 1 is 1.04 bits per heavy atom. The molecule has 3 rings (SSSR count). The third-order valence-corrected chi connectivity index (χ3v) is 3.80. The molecule has 24 heavy (non-hydrogen) atoms. The van der Waals surface area contributed by atoms with E-state index in [1.807, 2.05) is 6.92 Å². The fourth-order valence-corrected chi connectivity index (χ4v) is 2.50. The summed E-state index contributed by atoms with van der Waals surface area (Å²) in [5.74, 6) is -1.77. The Bertz CT molecular complexity index is 851. The van der Waals surface area contributed by atoms with Crippen molar-refractivity contribution in [3.63, 3.8) is 0 Å². The smallest absolute Gasteiger partial charge is 0.261 e. The number of anilines is 1. The van der Waals surface area contributed by atoms with Gasteiger partial charge in [-0.25, -0.2) is 9.29 Å². The number of carbonyl (C=O) groups excluding carboxylic acids is 3.